The van der Waals surface area contributed by atoms with E-state index in [2.05, 4.69) is 48.0 Å². The van der Waals surface area contributed by atoms with Gasteiger partial charge < -0.3 is 9.64 Å². The molecule has 1 saturated heterocycles. The van der Waals surface area contributed by atoms with E-state index in [4.69, 9.17) is 9.72 Å². The summed E-state index contributed by atoms with van der Waals surface area (Å²) in [5.41, 5.74) is 2.22. The van der Waals surface area contributed by atoms with Crippen LogP contribution in [0.2, 0.25) is 0 Å². The van der Waals surface area contributed by atoms with Gasteiger partial charge in [0.1, 0.15) is 11.6 Å². The molecular weight excluding hydrogens is 314 g/mol. The monoisotopic (exact) mass is 343 g/mol. The number of nitrogens with zero attached hydrogens (tertiary/aromatic N) is 5. The highest BCUT2D eigenvalue weighted by molar-refractivity contribution is 5.41. The Balaban J connectivity index is 1.77. The van der Waals surface area contributed by atoms with Crippen LogP contribution in [-0.2, 0) is 23.8 Å². The Kier molecular flexibility index (Phi) is 5.08. The van der Waals surface area contributed by atoms with Crippen LogP contribution in [0.5, 0.6) is 0 Å². The molecule has 1 fully saturated rings. The Hall–Kier alpha value is -1.95. The summed E-state index contributed by atoms with van der Waals surface area (Å²) in [4.78, 5) is 11.9. The summed E-state index contributed by atoms with van der Waals surface area (Å²) in [5.74, 6) is 2.50. The van der Waals surface area contributed by atoms with Gasteiger partial charge in [-0.15, -0.1) is 0 Å². The van der Waals surface area contributed by atoms with Crippen molar-refractivity contribution in [3.05, 3.63) is 35.5 Å². The third-order valence-electron chi connectivity index (χ3n) is 4.74. The summed E-state index contributed by atoms with van der Waals surface area (Å²) in [6.07, 6.45) is 6.39. The van der Waals surface area contributed by atoms with Crippen LogP contribution in [0.1, 0.15) is 56.6 Å². The van der Waals surface area contributed by atoms with Gasteiger partial charge in [0.2, 0.25) is 0 Å². The highest BCUT2D eigenvalue weighted by Gasteiger charge is 2.25. The van der Waals surface area contributed by atoms with E-state index < -0.39 is 0 Å². The number of aryl methyl sites for hydroxylation is 1. The Labute approximate surface area is 150 Å². The number of anilines is 1. The lowest BCUT2D eigenvalue weighted by Crippen LogP contribution is -2.34. The molecule has 3 rings (SSSR count). The second kappa shape index (κ2) is 7.12. The first-order valence-electron chi connectivity index (χ1n) is 8.97. The fourth-order valence-corrected chi connectivity index (χ4v) is 3.30. The van der Waals surface area contributed by atoms with E-state index in [1.54, 1.807) is 7.11 Å². The van der Waals surface area contributed by atoms with Gasteiger partial charge in [-0.05, 0) is 24.3 Å². The molecular formula is C19H29N5O. The van der Waals surface area contributed by atoms with Gasteiger partial charge in [0.25, 0.3) is 0 Å². The zero-order chi connectivity index (χ0) is 18.0. The summed E-state index contributed by atoms with van der Waals surface area (Å²) in [6, 6.07) is 2.07. The standard InChI is InChI=1S/C19H29N5O/c1-19(2,3)18-21-16(13-25-5)10-17(22-18)24-8-6-14(7-9-24)15-11-20-23(4)12-15/h10-12,14H,6-9,13H2,1-5H3. The number of rotatable bonds is 4. The van der Waals surface area contributed by atoms with Gasteiger partial charge in [0.15, 0.2) is 0 Å². The number of hydrogen-bond donors (Lipinski definition) is 0. The predicted octanol–water partition coefficient (Wildman–Crippen LogP) is 3.04. The molecule has 0 N–H and O–H groups in total. The minimum Gasteiger partial charge on any atom is -0.378 e. The molecule has 3 heterocycles. The summed E-state index contributed by atoms with van der Waals surface area (Å²) in [5, 5.41) is 4.31. The number of methoxy groups -OCH3 is 1. The molecule has 1 aliphatic rings. The van der Waals surface area contributed by atoms with E-state index in [1.807, 2.05) is 17.9 Å². The molecule has 6 heteroatoms. The third-order valence-corrected chi connectivity index (χ3v) is 4.74. The maximum absolute atomic E-state index is 5.30. The molecule has 0 unspecified atom stereocenters. The summed E-state index contributed by atoms with van der Waals surface area (Å²) in [7, 11) is 3.68. The smallest absolute Gasteiger partial charge is 0.136 e. The zero-order valence-electron chi connectivity index (χ0n) is 16.0. The highest BCUT2D eigenvalue weighted by Crippen LogP contribution is 2.30. The average molecular weight is 343 g/mol. The summed E-state index contributed by atoms with van der Waals surface area (Å²) >= 11 is 0. The van der Waals surface area contributed by atoms with Crippen molar-refractivity contribution in [1.82, 2.24) is 19.7 Å². The molecule has 0 spiro atoms. The van der Waals surface area contributed by atoms with Crippen LogP contribution in [0.4, 0.5) is 5.82 Å². The minimum absolute atomic E-state index is 0.0769. The van der Waals surface area contributed by atoms with Gasteiger partial charge in [-0.1, -0.05) is 20.8 Å². The Morgan fingerprint density at radius 1 is 1.20 bits per heavy atom. The van der Waals surface area contributed by atoms with Gasteiger partial charge in [-0.25, -0.2) is 9.97 Å². The van der Waals surface area contributed by atoms with E-state index in [0.29, 0.717) is 12.5 Å². The van der Waals surface area contributed by atoms with Crippen molar-refractivity contribution in [2.75, 3.05) is 25.1 Å². The molecule has 0 bridgehead atoms. The van der Waals surface area contributed by atoms with Crippen LogP contribution in [0.25, 0.3) is 0 Å². The first kappa shape index (κ1) is 17.9. The maximum atomic E-state index is 5.30. The molecule has 0 aliphatic carbocycles. The van der Waals surface area contributed by atoms with Crippen LogP contribution < -0.4 is 4.90 Å². The van der Waals surface area contributed by atoms with Gasteiger partial charge >= 0.3 is 0 Å². The largest absolute Gasteiger partial charge is 0.378 e. The van der Waals surface area contributed by atoms with Crippen molar-refractivity contribution >= 4 is 5.82 Å². The van der Waals surface area contributed by atoms with Crippen molar-refractivity contribution in [3.63, 3.8) is 0 Å². The molecule has 0 aromatic carbocycles. The number of hydrogen-bond acceptors (Lipinski definition) is 5. The van der Waals surface area contributed by atoms with Crippen molar-refractivity contribution in [1.29, 1.82) is 0 Å². The number of aromatic nitrogens is 4. The van der Waals surface area contributed by atoms with Crippen LogP contribution >= 0.6 is 0 Å². The predicted molar refractivity (Wildman–Crippen MR) is 98.8 cm³/mol. The SMILES string of the molecule is COCc1cc(N2CCC(c3cnn(C)c3)CC2)nc(C(C)(C)C)n1. The molecule has 25 heavy (non-hydrogen) atoms. The zero-order valence-corrected chi connectivity index (χ0v) is 16.0. The molecule has 0 radical (unpaired) electrons. The first-order chi connectivity index (χ1) is 11.9. The molecule has 0 saturated carbocycles. The van der Waals surface area contributed by atoms with Gasteiger partial charge in [-0.2, -0.15) is 5.10 Å². The minimum atomic E-state index is -0.0769. The van der Waals surface area contributed by atoms with E-state index in [-0.39, 0.29) is 5.41 Å². The quantitative estimate of drug-likeness (QED) is 0.854. The van der Waals surface area contributed by atoms with E-state index >= 15 is 0 Å². The van der Waals surface area contributed by atoms with Crippen LogP contribution in [0.3, 0.4) is 0 Å². The van der Waals surface area contributed by atoms with Crippen LogP contribution in [-0.4, -0.2) is 39.9 Å². The van der Waals surface area contributed by atoms with Crippen LogP contribution in [0, 0.1) is 0 Å². The van der Waals surface area contributed by atoms with Crippen molar-refractivity contribution in [2.45, 2.75) is 51.6 Å². The van der Waals surface area contributed by atoms with Crippen molar-refractivity contribution in [3.8, 4) is 0 Å². The van der Waals surface area contributed by atoms with Gasteiger partial charge in [0, 0.05) is 44.9 Å². The lowest BCUT2D eigenvalue weighted by molar-refractivity contribution is 0.181. The van der Waals surface area contributed by atoms with Crippen molar-refractivity contribution < 1.29 is 4.74 Å². The second-order valence-electron chi connectivity index (χ2n) is 7.93. The third kappa shape index (κ3) is 4.18. The molecule has 0 amide bonds. The topological polar surface area (TPSA) is 56.1 Å². The summed E-state index contributed by atoms with van der Waals surface area (Å²) < 4.78 is 7.18. The molecule has 1 aliphatic heterocycles. The second-order valence-corrected chi connectivity index (χ2v) is 7.93. The molecule has 6 nitrogen and oxygen atoms in total. The molecule has 2 aromatic rings. The van der Waals surface area contributed by atoms with Gasteiger partial charge in [-0.3, -0.25) is 4.68 Å². The number of piperidine rings is 1. The average Bonchev–Trinajstić information content (AvgIpc) is 3.01. The Bertz CT molecular complexity index is 711. The lowest BCUT2D eigenvalue weighted by atomic mass is 9.91. The Morgan fingerprint density at radius 2 is 1.92 bits per heavy atom. The first-order valence-corrected chi connectivity index (χ1v) is 8.97. The molecule has 2 aromatic heterocycles. The fourth-order valence-electron chi connectivity index (χ4n) is 3.30. The van der Waals surface area contributed by atoms with E-state index in [9.17, 15) is 0 Å². The van der Waals surface area contributed by atoms with Crippen molar-refractivity contribution in [2.24, 2.45) is 7.05 Å². The van der Waals surface area contributed by atoms with Crippen LogP contribution in [0.15, 0.2) is 18.5 Å². The lowest BCUT2D eigenvalue weighted by Gasteiger charge is -2.33. The molecule has 0 atom stereocenters. The summed E-state index contributed by atoms with van der Waals surface area (Å²) in [6.45, 7) is 8.98. The maximum Gasteiger partial charge on any atom is 0.136 e. The van der Waals surface area contributed by atoms with E-state index in [1.165, 1.54) is 5.56 Å². The van der Waals surface area contributed by atoms with E-state index in [0.717, 1.165) is 43.3 Å². The number of ether oxygens (including phenoxy) is 1. The van der Waals surface area contributed by atoms with Gasteiger partial charge in [0.05, 0.1) is 18.5 Å². The highest BCUT2D eigenvalue weighted by atomic mass is 16.5. The molecule has 136 valence electrons. The Morgan fingerprint density at radius 3 is 2.48 bits per heavy atom. The normalized spacial score (nSPS) is 16.4. The fraction of sp³-hybridized carbons (Fsp3) is 0.632.